The minimum absolute atomic E-state index is 0.379. The lowest BCUT2D eigenvalue weighted by Crippen LogP contribution is -2.25. The second-order valence-electron chi connectivity index (χ2n) is 5.62. The van der Waals surface area contributed by atoms with Crippen molar-refractivity contribution in [3.8, 4) is 6.07 Å². The number of nitrogens with zero attached hydrogens (tertiary/aromatic N) is 3. The SMILES string of the molecule is CCn1nc(C)cc1CC1(C#N)CCc2ccccc21. The Morgan fingerprint density at radius 1 is 1.40 bits per heavy atom. The molecule has 1 aromatic carbocycles. The van der Waals surface area contributed by atoms with Crippen LogP contribution in [0.25, 0.3) is 0 Å². The fourth-order valence-electron chi connectivity index (χ4n) is 3.35. The zero-order valence-electron chi connectivity index (χ0n) is 12.1. The lowest BCUT2D eigenvalue weighted by Gasteiger charge is -2.22. The Hall–Kier alpha value is -2.08. The predicted molar refractivity (Wildman–Crippen MR) is 78.4 cm³/mol. The molecule has 0 spiro atoms. The average Bonchev–Trinajstić information content (AvgIpc) is 3.01. The van der Waals surface area contributed by atoms with E-state index in [0.29, 0.717) is 0 Å². The van der Waals surface area contributed by atoms with E-state index in [0.717, 1.165) is 31.5 Å². The molecular weight excluding hydrogens is 246 g/mol. The summed E-state index contributed by atoms with van der Waals surface area (Å²) in [6.45, 7) is 4.96. The van der Waals surface area contributed by atoms with Gasteiger partial charge in [-0.3, -0.25) is 4.68 Å². The molecule has 1 aliphatic carbocycles. The maximum absolute atomic E-state index is 9.82. The van der Waals surface area contributed by atoms with Crippen molar-refractivity contribution in [2.24, 2.45) is 0 Å². The van der Waals surface area contributed by atoms with Crippen molar-refractivity contribution in [2.45, 2.75) is 45.1 Å². The Morgan fingerprint density at radius 2 is 2.20 bits per heavy atom. The van der Waals surface area contributed by atoms with E-state index >= 15 is 0 Å². The van der Waals surface area contributed by atoms with Crippen LogP contribution in [-0.2, 0) is 24.8 Å². The lowest BCUT2D eigenvalue weighted by atomic mass is 9.79. The van der Waals surface area contributed by atoms with Crippen LogP contribution in [0.2, 0.25) is 0 Å². The fraction of sp³-hybridized carbons (Fsp3) is 0.412. The van der Waals surface area contributed by atoms with Crippen molar-refractivity contribution in [1.82, 2.24) is 9.78 Å². The Kier molecular flexibility index (Phi) is 3.10. The summed E-state index contributed by atoms with van der Waals surface area (Å²) >= 11 is 0. The summed E-state index contributed by atoms with van der Waals surface area (Å²) in [6.07, 6.45) is 2.68. The lowest BCUT2D eigenvalue weighted by molar-refractivity contribution is 0.504. The van der Waals surface area contributed by atoms with Crippen LogP contribution < -0.4 is 0 Å². The number of hydrogen-bond acceptors (Lipinski definition) is 2. The third kappa shape index (κ3) is 1.92. The zero-order valence-corrected chi connectivity index (χ0v) is 12.1. The number of nitriles is 1. The number of rotatable bonds is 3. The van der Waals surface area contributed by atoms with Crippen molar-refractivity contribution >= 4 is 0 Å². The van der Waals surface area contributed by atoms with Crippen molar-refractivity contribution in [3.63, 3.8) is 0 Å². The molecule has 3 nitrogen and oxygen atoms in total. The van der Waals surface area contributed by atoms with Gasteiger partial charge in [0.25, 0.3) is 0 Å². The van der Waals surface area contributed by atoms with Gasteiger partial charge < -0.3 is 0 Å². The Morgan fingerprint density at radius 3 is 2.95 bits per heavy atom. The Balaban J connectivity index is 2.02. The number of fused-ring (bicyclic) bond motifs is 1. The molecule has 0 radical (unpaired) electrons. The molecule has 0 N–H and O–H groups in total. The normalized spacial score (nSPS) is 20.6. The van der Waals surface area contributed by atoms with Gasteiger partial charge in [-0.25, -0.2) is 0 Å². The summed E-state index contributed by atoms with van der Waals surface area (Å²) < 4.78 is 2.02. The molecule has 0 fully saturated rings. The van der Waals surface area contributed by atoms with Gasteiger partial charge in [0.1, 0.15) is 0 Å². The smallest absolute Gasteiger partial charge is 0.0883 e. The number of hydrogen-bond donors (Lipinski definition) is 0. The molecule has 1 heterocycles. The minimum Gasteiger partial charge on any atom is -0.270 e. The third-order valence-electron chi connectivity index (χ3n) is 4.34. The molecule has 3 rings (SSSR count). The number of benzene rings is 1. The van der Waals surface area contributed by atoms with E-state index in [-0.39, 0.29) is 5.41 Å². The highest BCUT2D eigenvalue weighted by Gasteiger charge is 2.39. The van der Waals surface area contributed by atoms with Gasteiger partial charge in [0, 0.05) is 18.7 Å². The molecule has 1 aromatic heterocycles. The van der Waals surface area contributed by atoms with Crippen molar-refractivity contribution in [2.75, 3.05) is 0 Å². The van der Waals surface area contributed by atoms with Gasteiger partial charge in [-0.05, 0) is 43.9 Å². The van der Waals surface area contributed by atoms with E-state index in [1.807, 2.05) is 17.7 Å². The van der Waals surface area contributed by atoms with E-state index in [2.05, 4.69) is 42.4 Å². The molecular formula is C17H19N3. The molecule has 1 aliphatic rings. The first kappa shape index (κ1) is 12.9. The first-order valence-electron chi connectivity index (χ1n) is 7.21. The maximum atomic E-state index is 9.82. The minimum atomic E-state index is -0.379. The maximum Gasteiger partial charge on any atom is 0.0883 e. The van der Waals surface area contributed by atoms with Crippen molar-refractivity contribution < 1.29 is 0 Å². The standard InChI is InChI=1S/C17H19N3/c1-3-20-15(10-13(2)19-20)11-17(12-18)9-8-14-6-4-5-7-16(14)17/h4-7,10H,3,8-9,11H2,1-2H3. The quantitative estimate of drug-likeness (QED) is 0.855. The summed E-state index contributed by atoms with van der Waals surface area (Å²) in [7, 11) is 0. The van der Waals surface area contributed by atoms with E-state index in [1.54, 1.807) is 0 Å². The van der Waals surface area contributed by atoms with Crippen LogP contribution in [0.3, 0.4) is 0 Å². The van der Waals surface area contributed by atoms with E-state index in [4.69, 9.17) is 0 Å². The van der Waals surface area contributed by atoms with Gasteiger partial charge >= 0.3 is 0 Å². The van der Waals surface area contributed by atoms with E-state index < -0.39 is 0 Å². The Labute approximate surface area is 119 Å². The van der Waals surface area contributed by atoms with Crippen molar-refractivity contribution in [1.29, 1.82) is 5.26 Å². The Bertz CT molecular complexity index is 678. The van der Waals surface area contributed by atoms with Crippen LogP contribution in [0.5, 0.6) is 0 Å². The second kappa shape index (κ2) is 4.79. The van der Waals surface area contributed by atoms with Crippen LogP contribution in [0, 0.1) is 18.3 Å². The predicted octanol–water partition coefficient (Wildman–Crippen LogP) is 3.16. The van der Waals surface area contributed by atoms with Crippen molar-refractivity contribution in [3.05, 3.63) is 52.8 Å². The molecule has 102 valence electrons. The first-order valence-corrected chi connectivity index (χ1v) is 7.21. The average molecular weight is 265 g/mol. The highest BCUT2D eigenvalue weighted by molar-refractivity contribution is 5.45. The van der Waals surface area contributed by atoms with Gasteiger partial charge in [-0.2, -0.15) is 10.4 Å². The summed E-state index contributed by atoms with van der Waals surface area (Å²) in [4.78, 5) is 0. The van der Waals surface area contributed by atoms with Gasteiger partial charge in [-0.15, -0.1) is 0 Å². The molecule has 2 aromatic rings. The third-order valence-corrected chi connectivity index (χ3v) is 4.34. The molecule has 1 unspecified atom stereocenters. The van der Waals surface area contributed by atoms with Gasteiger partial charge in [0.2, 0.25) is 0 Å². The summed E-state index contributed by atoms with van der Waals surface area (Å²) in [5.74, 6) is 0. The highest BCUT2D eigenvalue weighted by atomic mass is 15.3. The molecule has 0 bridgehead atoms. The summed E-state index contributed by atoms with van der Waals surface area (Å²) in [5.41, 5.74) is 4.36. The van der Waals surface area contributed by atoms with E-state index in [9.17, 15) is 5.26 Å². The topological polar surface area (TPSA) is 41.6 Å². The second-order valence-corrected chi connectivity index (χ2v) is 5.62. The molecule has 20 heavy (non-hydrogen) atoms. The number of aromatic nitrogens is 2. The van der Waals surface area contributed by atoms with Crippen LogP contribution in [0.15, 0.2) is 30.3 Å². The summed E-state index contributed by atoms with van der Waals surface area (Å²) in [5, 5.41) is 14.3. The molecule has 0 saturated carbocycles. The molecule has 1 atom stereocenters. The number of aryl methyl sites for hydroxylation is 3. The summed E-state index contributed by atoms with van der Waals surface area (Å²) in [6, 6.07) is 13.1. The molecule has 3 heteroatoms. The zero-order chi connectivity index (χ0) is 14.2. The molecule has 0 aliphatic heterocycles. The largest absolute Gasteiger partial charge is 0.270 e. The van der Waals surface area contributed by atoms with Gasteiger partial charge in [-0.1, -0.05) is 24.3 Å². The fourth-order valence-corrected chi connectivity index (χ4v) is 3.35. The molecule has 0 saturated heterocycles. The van der Waals surface area contributed by atoms with Crippen LogP contribution >= 0.6 is 0 Å². The monoisotopic (exact) mass is 265 g/mol. The highest BCUT2D eigenvalue weighted by Crippen LogP contribution is 2.41. The first-order chi connectivity index (χ1) is 9.68. The molecule has 0 amide bonds. The van der Waals surface area contributed by atoms with Crippen LogP contribution in [0.4, 0.5) is 0 Å². The van der Waals surface area contributed by atoms with Gasteiger partial charge in [0.15, 0.2) is 0 Å². The van der Waals surface area contributed by atoms with Crippen LogP contribution in [-0.4, -0.2) is 9.78 Å². The van der Waals surface area contributed by atoms with E-state index in [1.165, 1.54) is 16.8 Å². The van der Waals surface area contributed by atoms with Crippen LogP contribution in [0.1, 0.15) is 35.9 Å². The van der Waals surface area contributed by atoms with Gasteiger partial charge in [0.05, 0.1) is 17.2 Å².